The van der Waals surface area contributed by atoms with E-state index >= 15 is 0 Å². The maximum absolute atomic E-state index is 12.0. The van der Waals surface area contributed by atoms with E-state index in [0.717, 1.165) is 25.8 Å². The zero-order valence-corrected chi connectivity index (χ0v) is 11.8. The Morgan fingerprint density at radius 2 is 2.06 bits per heavy atom. The van der Waals surface area contributed by atoms with Gasteiger partial charge in [-0.15, -0.1) is 0 Å². The maximum atomic E-state index is 12.0. The van der Waals surface area contributed by atoms with Crippen LogP contribution in [0.3, 0.4) is 0 Å². The summed E-state index contributed by atoms with van der Waals surface area (Å²) in [4.78, 5) is 27.4. The van der Waals surface area contributed by atoms with Crippen LogP contribution in [0.15, 0.2) is 0 Å². The van der Waals surface area contributed by atoms with Crippen LogP contribution >= 0.6 is 0 Å². The molecule has 0 saturated carbocycles. The first kappa shape index (κ1) is 15.0. The number of amides is 1. The number of ether oxygens (including phenoxy) is 1. The molecular weight excluding hydrogens is 232 g/mol. The Hall–Kier alpha value is -1.10. The van der Waals surface area contributed by atoms with E-state index in [0.29, 0.717) is 6.54 Å². The Kier molecular flexibility index (Phi) is 5.59. The topological polar surface area (TPSA) is 49.9 Å². The van der Waals surface area contributed by atoms with Crippen molar-refractivity contribution in [2.45, 2.75) is 45.2 Å². The highest BCUT2D eigenvalue weighted by Crippen LogP contribution is 2.18. The predicted molar refractivity (Wildman–Crippen MR) is 69.1 cm³/mol. The summed E-state index contributed by atoms with van der Waals surface area (Å²) < 4.78 is 4.80. The Morgan fingerprint density at radius 1 is 1.39 bits per heavy atom. The van der Waals surface area contributed by atoms with Crippen LogP contribution in [0.1, 0.15) is 33.1 Å². The van der Waals surface area contributed by atoms with Gasteiger partial charge in [0.2, 0.25) is 5.91 Å². The smallest absolute Gasteiger partial charge is 0.323 e. The molecule has 0 aromatic rings. The molecule has 1 amide bonds. The minimum atomic E-state index is -0.256. The third-order valence-electron chi connectivity index (χ3n) is 3.59. The van der Waals surface area contributed by atoms with Gasteiger partial charge in [0.1, 0.15) is 6.04 Å². The number of likely N-dealkylation sites (tertiary alicyclic amines) is 1. The molecule has 1 unspecified atom stereocenters. The lowest BCUT2D eigenvalue weighted by atomic mass is 10.0. The molecule has 5 nitrogen and oxygen atoms in total. The lowest BCUT2D eigenvalue weighted by Gasteiger charge is -2.34. The summed E-state index contributed by atoms with van der Waals surface area (Å²) in [6.45, 7) is 5.05. The van der Waals surface area contributed by atoms with E-state index in [4.69, 9.17) is 4.74 Å². The first-order chi connectivity index (χ1) is 8.47. The normalized spacial score (nSPS) is 20.8. The molecule has 0 bridgehead atoms. The number of methoxy groups -OCH3 is 1. The van der Waals surface area contributed by atoms with Crippen LogP contribution in [0.25, 0.3) is 0 Å². The average Bonchev–Trinajstić information content (AvgIpc) is 2.37. The predicted octanol–water partition coefficient (Wildman–Crippen LogP) is 0.881. The summed E-state index contributed by atoms with van der Waals surface area (Å²) in [5, 5.41) is 0. The summed E-state index contributed by atoms with van der Waals surface area (Å²) in [5.74, 6) is -0.171. The van der Waals surface area contributed by atoms with E-state index in [9.17, 15) is 9.59 Å². The van der Waals surface area contributed by atoms with Gasteiger partial charge in [-0.05, 0) is 33.2 Å². The molecule has 0 aliphatic carbocycles. The molecule has 1 saturated heterocycles. The van der Waals surface area contributed by atoms with Gasteiger partial charge in [0.05, 0.1) is 13.7 Å². The molecule has 0 radical (unpaired) electrons. The van der Waals surface area contributed by atoms with E-state index in [1.165, 1.54) is 7.11 Å². The van der Waals surface area contributed by atoms with E-state index in [1.807, 2.05) is 18.7 Å². The van der Waals surface area contributed by atoms with Crippen LogP contribution in [0, 0.1) is 0 Å². The van der Waals surface area contributed by atoms with Crippen molar-refractivity contribution in [3.05, 3.63) is 0 Å². The Bertz CT molecular complexity index is 305. The van der Waals surface area contributed by atoms with Crippen LogP contribution < -0.4 is 0 Å². The second-order valence-corrected chi connectivity index (χ2v) is 5.10. The molecular formula is C13H24N2O3. The standard InChI is InChI=1S/C13H24N2O3/c1-10(2)14(3)12(16)9-15-8-6-5-7-11(15)13(17)18-4/h10-11H,5-9H2,1-4H3. The maximum Gasteiger partial charge on any atom is 0.323 e. The first-order valence-electron chi connectivity index (χ1n) is 6.55. The van der Waals surface area contributed by atoms with Gasteiger partial charge in [-0.2, -0.15) is 0 Å². The number of hydrogen-bond donors (Lipinski definition) is 0. The van der Waals surface area contributed by atoms with Gasteiger partial charge in [-0.25, -0.2) is 0 Å². The monoisotopic (exact) mass is 256 g/mol. The highest BCUT2D eigenvalue weighted by molar-refractivity contribution is 5.80. The number of rotatable bonds is 4. The zero-order chi connectivity index (χ0) is 13.7. The second kappa shape index (κ2) is 6.73. The minimum Gasteiger partial charge on any atom is -0.468 e. The second-order valence-electron chi connectivity index (χ2n) is 5.10. The van der Waals surface area contributed by atoms with Gasteiger partial charge >= 0.3 is 5.97 Å². The number of likely N-dealkylation sites (N-methyl/N-ethyl adjacent to an activating group) is 1. The van der Waals surface area contributed by atoms with Crippen LogP contribution in [0.2, 0.25) is 0 Å². The van der Waals surface area contributed by atoms with Crippen molar-refractivity contribution < 1.29 is 14.3 Å². The summed E-state index contributed by atoms with van der Waals surface area (Å²) in [6, 6.07) is -0.0767. The Balaban J connectivity index is 2.62. The lowest BCUT2D eigenvalue weighted by Crippen LogP contribution is -2.50. The van der Waals surface area contributed by atoms with Crippen LogP contribution in [-0.4, -0.2) is 61.0 Å². The Labute approximate surface area is 109 Å². The molecule has 1 aliphatic rings. The van der Waals surface area contributed by atoms with E-state index < -0.39 is 0 Å². The lowest BCUT2D eigenvalue weighted by molar-refractivity contribution is -0.149. The van der Waals surface area contributed by atoms with Gasteiger partial charge in [-0.3, -0.25) is 14.5 Å². The third kappa shape index (κ3) is 3.70. The molecule has 5 heteroatoms. The third-order valence-corrected chi connectivity index (χ3v) is 3.59. The summed E-state index contributed by atoms with van der Waals surface area (Å²) >= 11 is 0. The van der Waals surface area contributed by atoms with E-state index in [2.05, 4.69) is 0 Å². The largest absolute Gasteiger partial charge is 0.468 e. The highest BCUT2D eigenvalue weighted by Gasteiger charge is 2.31. The number of carbonyl (C=O) groups excluding carboxylic acids is 2. The molecule has 0 spiro atoms. The van der Waals surface area contributed by atoms with Gasteiger partial charge in [0.25, 0.3) is 0 Å². The number of nitrogens with zero attached hydrogens (tertiary/aromatic N) is 2. The first-order valence-corrected chi connectivity index (χ1v) is 6.55. The van der Waals surface area contributed by atoms with Crippen molar-refractivity contribution >= 4 is 11.9 Å². The van der Waals surface area contributed by atoms with Crippen LogP contribution in [0.4, 0.5) is 0 Å². The molecule has 0 N–H and O–H groups in total. The van der Waals surface area contributed by atoms with Crippen molar-refractivity contribution in [1.29, 1.82) is 0 Å². The molecule has 1 rings (SSSR count). The molecule has 18 heavy (non-hydrogen) atoms. The van der Waals surface area contributed by atoms with Gasteiger partial charge < -0.3 is 9.64 Å². The fourth-order valence-electron chi connectivity index (χ4n) is 2.16. The van der Waals surface area contributed by atoms with Crippen molar-refractivity contribution in [2.24, 2.45) is 0 Å². The van der Waals surface area contributed by atoms with Gasteiger partial charge in [-0.1, -0.05) is 6.42 Å². The highest BCUT2D eigenvalue weighted by atomic mass is 16.5. The number of hydrogen-bond acceptors (Lipinski definition) is 4. The van der Waals surface area contributed by atoms with E-state index in [1.54, 1.807) is 11.9 Å². The SMILES string of the molecule is COC(=O)C1CCCCN1CC(=O)N(C)C(C)C. The van der Waals surface area contributed by atoms with Gasteiger partial charge in [0.15, 0.2) is 0 Å². The molecule has 1 atom stereocenters. The molecule has 104 valence electrons. The number of piperidine rings is 1. The molecule has 0 aromatic heterocycles. The zero-order valence-electron chi connectivity index (χ0n) is 11.8. The van der Waals surface area contributed by atoms with Crippen molar-refractivity contribution in [2.75, 3.05) is 27.2 Å². The van der Waals surface area contributed by atoms with Crippen molar-refractivity contribution in [3.8, 4) is 0 Å². The van der Waals surface area contributed by atoms with E-state index in [-0.39, 0.29) is 24.0 Å². The van der Waals surface area contributed by atoms with Crippen LogP contribution in [-0.2, 0) is 14.3 Å². The fourth-order valence-corrected chi connectivity index (χ4v) is 2.16. The van der Waals surface area contributed by atoms with Gasteiger partial charge in [0, 0.05) is 13.1 Å². The molecule has 1 fully saturated rings. The average molecular weight is 256 g/mol. The van der Waals surface area contributed by atoms with Crippen molar-refractivity contribution in [3.63, 3.8) is 0 Å². The van der Waals surface area contributed by atoms with Crippen LogP contribution in [0.5, 0.6) is 0 Å². The Morgan fingerprint density at radius 3 is 2.61 bits per heavy atom. The molecule has 0 aromatic carbocycles. The quantitative estimate of drug-likeness (QED) is 0.701. The number of esters is 1. The number of carbonyl (C=O) groups is 2. The molecule has 1 heterocycles. The fraction of sp³-hybridized carbons (Fsp3) is 0.846. The molecule has 1 aliphatic heterocycles. The van der Waals surface area contributed by atoms with Crippen molar-refractivity contribution in [1.82, 2.24) is 9.80 Å². The minimum absolute atomic E-state index is 0.0563. The summed E-state index contributed by atoms with van der Waals surface area (Å²) in [5.41, 5.74) is 0. The summed E-state index contributed by atoms with van der Waals surface area (Å²) in [7, 11) is 3.20. The summed E-state index contributed by atoms with van der Waals surface area (Å²) in [6.07, 6.45) is 2.84.